The highest BCUT2D eigenvalue weighted by molar-refractivity contribution is 7.89. The quantitative estimate of drug-likeness (QED) is 0.923. The molecule has 0 atom stereocenters. The maximum absolute atomic E-state index is 12.7. The van der Waals surface area contributed by atoms with Crippen LogP contribution in [0.25, 0.3) is 0 Å². The fourth-order valence-electron chi connectivity index (χ4n) is 2.60. The first-order chi connectivity index (χ1) is 8.87. The van der Waals surface area contributed by atoms with Gasteiger partial charge in [0.15, 0.2) is 0 Å². The first-order valence-corrected chi connectivity index (χ1v) is 8.00. The van der Waals surface area contributed by atoms with Gasteiger partial charge >= 0.3 is 0 Å². The molecular weight excluding hydrogens is 262 g/mol. The zero-order valence-electron chi connectivity index (χ0n) is 11.5. The number of benzene rings is 1. The van der Waals surface area contributed by atoms with E-state index >= 15 is 0 Å². The van der Waals surface area contributed by atoms with Crippen LogP contribution in [0, 0.1) is 5.41 Å². The van der Waals surface area contributed by atoms with Crippen molar-refractivity contribution in [3.8, 4) is 0 Å². The second-order valence-electron chi connectivity index (χ2n) is 5.87. The average molecular weight is 283 g/mol. The number of hydrogen-bond acceptors (Lipinski definition) is 3. The third-order valence-electron chi connectivity index (χ3n) is 3.63. The van der Waals surface area contributed by atoms with E-state index in [1.54, 1.807) is 28.6 Å². The summed E-state index contributed by atoms with van der Waals surface area (Å²) in [6.45, 7) is 5.02. The summed E-state index contributed by atoms with van der Waals surface area (Å²) >= 11 is 0. The molecule has 0 bridgehead atoms. The maximum atomic E-state index is 12.7. The Hall–Kier alpha value is -0.910. The standard InChI is InChI=1S/C14H21NO3S/c1-14(2)8-5-9-15(11-14)19(17,18)13-7-4-3-6-12(13)10-16/h3-4,6-7,16H,5,8-11H2,1-2H3. The summed E-state index contributed by atoms with van der Waals surface area (Å²) in [6.07, 6.45) is 1.92. The van der Waals surface area contributed by atoms with Gasteiger partial charge in [0.25, 0.3) is 0 Å². The Labute approximate surface area is 115 Å². The first kappa shape index (κ1) is 14.5. The lowest BCUT2D eigenvalue weighted by Gasteiger charge is -2.37. The zero-order chi connectivity index (χ0) is 14.1. The first-order valence-electron chi connectivity index (χ1n) is 6.56. The van der Waals surface area contributed by atoms with Crippen LogP contribution in [0.4, 0.5) is 0 Å². The fourth-order valence-corrected chi connectivity index (χ4v) is 4.48. The largest absolute Gasteiger partial charge is 0.392 e. The normalized spacial score (nSPS) is 20.4. The molecule has 4 nitrogen and oxygen atoms in total. The SMILES string of the molecule is CC1(C)CCCN(S(=O)(=O)c2ccccc2CO)C1. The molecule has 19 heavy (non-hydrogen) atoms. The van der Waals surface area contributed by atoms with Gasteiger partial charge in [-0.2, -0.15) is 4.31 Å². The average Bonchev–Trinajstić information content (AvgIpc) is 2.37. The third kappa shape index (κ3) is 2.99. The summed E-state index contributed by atoms with van der Waals surface area (Å²) in [5.74, 6) is 0. The molecule has 0 amide bonds. The minimum Gasteiger partial charge on any atom is -0.392 e. The van der Waals surface area contributed by atoms with Crippen molar-refractivity contribution in [1.82, 2.24) is 4.31 Å². The zero-order valence-corrected chi connectivity index (χ0v) is 12.3. The van der Waals surface area contributed by atoms with Crippen LogP contribution < -0.4 is 0 Å². The van der Waals surface area contributed by atoms with E-state index in [0.29, 0.717) is 18.7 Å². The molecule has 0 radical (unpaired) electrons. The van der Waals surface area contributed by atoms with E-state index in [9.17, 15) is 13.5 Å². The van der Waals surface area contributed by atoms with Gasteiger partial charge in [-0.05, 0) is 29.9 Å². The summed E-state index contributed by atoms with van der Waals surface area (Å²) in [4.78, 5) is 0.232. The molecule has 1 saturated heterocycles. The Kier molecular flexibility index (Phi) is 3.99. The molecule has 0 spiro atoms. The second-order valence-corrected chi connectivity index (χ2v) is 7.78. The lowest BCUT2D eigenvalue weighted by molar-refractivity contribution is 0.186. The van der Waals surface area contributed by atoms with E-state index in [-0.39, 0.29) is 16.9 Å². The van der Waals surface area contributed by atoms with Crippen LogP contribution >= 0.6 is 0 Å². The molecule has 5 heteroatoms. The molecule has 1 fully saturated rings. The van der Waals surface area contributed by atoms with Crippen molar-refractivity contribution in [1.29, 1.82) is 0 Å². The van der Waals surface area contributed by atoms with Gasteiger partial charge in [-0.3, -0.25) is 0 Å². The summed E-state index contributed by atoms with van der Waals surface area (Å²) in [6, 6.07) is 6.66. The summed E-state index contributed by atoms with van der Waals surface area (Å²) < 4.78 is 26.9. The smallest absolute Gasteiger partial charge is 0.243 e. The number of piperidine rings is 1. The van der Waals surface area contributed by atoms with E-state index in [1.807, 2.05) is 0 Å². The van der Waals surface area contributed by atoms with Gasteiger partial charge in [0.2, 0.25) is 10.0 Å². The van der Waals surface area contributed by atoms with Gasteiger partial charge in [0, 0.05) is 13.1 Å². The van der Waals surface area contributed by atoms with Crippen molar-refractivity contribution in [2.24, 2.45) is 5.41 Å². The van der Waals surface area contributed by atoms with Crippen molar-refractivity contribution < 1.29 is 13.5 Å². The van der Waals surface area contributed by atoms with Gasteiger partial charge < -0.3 is 5.11 Å². The molecule has 1 aliphatic rings. The molecule has 2 rings (SSSR count). The second kappa shape index (κ2) is 5.23. The van der Waals surface area contributed by atoms with Gasteiger partial charge in [-0.1, -0.05) is 32.0 Å². The van der Waals surface area contributed by atoms with Gasteiger partial charge in [0.1, 0.15) is 0 Å². The summed E-state index contributed by atoms with van der Waals surface area (Å²) in [7, 11) is -3.50. The monoisotopic (exact) mass is 283 g/mol. The maximum Gasteiger partial charge on any atom is 0.243 e. The molecule has 106 valence electrons. The van der Waals surface area contributed by atoms with Crippen LogP contribution in [-0.2, 0) is 16.6 Å². The van der Waals surface area contributed by atoms with Crippen LogP contribution in [0.1, 0.15) is 32.3 Å². The molecular formula is C14H21NO3S. The Morgan fingerprint density at radius 1 is 1.32 bits per heavy atom. The van der Waals surface area contributed by atoms with Crippen LogP contribution in [0.5, 0.6) is 0 Å². The van der Waals surface area contributed by atoms with E-state index in [4.69, 9.17) is 0 Å². The molecule has 1 N–H and O–H groups in total. The molecule has 0 aliphatic carbocycles. The van der Waals surface area contributed by atoms with Crippen molar-refractivity contribution >= 4 is 10.0 Å². The van der Waals surface area contributed by atoms with Crippen LogP contribution in [0.3, 0.4) is 0 Å². The van der Waals surface area contributed by atoms with Crippen molar-refractivity contribution in [3.05, 3.63) is 29.8 Å². The van der Waals surface area contributed by atoms with Crippen LogP contribution in [-0.4, -0.2) is 30.9 Å². The Morgan fingerprint density at radius 2 is 2.00 bits per heavy atom. The number of nitrogens with zero attached hydrogens (tertiary/aromatic N) is 1. The Morgan fingerprint density at radius 3 is 2.63 bits per heavy atom. The number of sulfonamides is 1. The van der Waals surface area contributed by atoms with Crippen molar-refractivity contribution in [3.63, 3.8) is 0 Å². The number of aliphatic hydroxyl groups is 1. The molecule has 0 unspecified atom stereocenters. The highest BCUT2D eigenvalue weighted by Gasteiger charge is 2.34. The molecule has 0 saturated carbocycles. The van der Waals surface area contributed by atoms with Crippen molar-refractivity contribution in [2.75, 3.05) is 13.1 Å². The predicted molar refractivity (Wildman–Crippen MR) is 74.1 cm³/mol. The molecule has 0 aromatic heterocycles. The minimum atomic E-state index is -3.50. The Balaban J connectivity index is 2.37. The highest BCUT2D eigenvalue weighted by Crippen LogP contribution is 2.32. The van der Waals surface area contributed by atoms with Gasteiger partial charge in [0.05, 0.1) is 11.5 Å². The van der Waals surface area contributed by atoms with Crippen LogP contribution in [0.15, 0.2) is 29.2 Å². The summed E-state index contributed by atoms with van der Waals surface area (Å²) in [5.41, 5.74) is 0.477. The van der Waals surface area contributed by atoms with E-state index in [1.165, 1.54) is 0 Å². The number of aliphatic hydroxyl groups excluding tert-OH is 1. The predicted octanol–water partition coefficient (Wildman–Crippen LogP) is 1.99. The van der Waals surface area contributed by atoms with Gasteiger partial charge in [-0.15, -0.1) is 0 Å². The highest BCUT2D eigenvalue weighted by atomic mass is 32.2. The third-order valence-corrected chi connectivity index (χ3v) is 5.57. The number of hydrogen-bond donors (Lipinski definition) is 1. The Bertz CT molecular complexity index is 552. The lowest BCUT2D eigenvalue weighted by Crippen LogP contribution is -2.43. The molecule has 1 aromatic carbocycles. The summed E-state index contributed by atoms with van der Waals surface area (Å²) in [5, 5.41) is 9.30. The molecule has 1 aliphatic heterocycles. The van der Waals surface area contributed by atoms with E-state index in [0.717, 1.165) is 12.8 Å². The van der Waals surface area contributed by atoms with E-state index < -0.39 is 10.0 Å². The van der Waals surface area contributed by atoms with Gasteiger partial charge in [-0.25, -0.2) is 8.42 Å². The topological polar surface area (TPSA) is 57.6 Å². The molecule has 1 heterocycles. The minimum absolute atomic E-state index is 0.0134. The van der Waals surface area contributed by atoms with Crippen LogP contribution in [0.2, 0.25) is 0 Å². The van der Waals surface area contributed by atoms with Crippen molar-refractivity contribution in [2.45, 2.75) is 38.2 Å². The van der Waals surface area contributed by atoms with E-state index in [2.05, 4.69) is 13.8 Å². The molecule has 1 aromatic rings. The fraction of sp³-hybridized carbons (Fsp3) is 0.571. The number of rotatable bonds is 3. The lowest BCUT2D eigenvalue weighted by atomic mass is 9.85.